The lowest BCUT2D eigenvalue weighted by atomic mass is 10.1. The maximum atomic E-state index is 12.6. The molecule has 1 aliphatic heterocycles. The number of benzene rings is 1. The Bertz CT molecular complexity index is 807. The zero-order valence-electron chi connectivity index (χ0n) is 12.7. The summed E-state index contributed by atoms with van der Waals surface area (Å²) >= 11 is 0. The smallest absolute Gasteiger partial charge is 0.289 e. The Morgan fingerprint density at radius 3 is 2.87 bits per heavy atom. The number of nitrogens with zero attached hydrogens (tertiary/aromatic N) is 4. The Balaban J connectivity index is 1.45. The van der Waals surface area contributed by atoms with Crippen LogP contribution in [0, 0.1) is 0 Å². The quantitative estimate of drug-likeness (QED) is 0.742. The van der Waals surface area contributed by atoms with Crippen LogP contribution in [0.25, 0.3) is 11.0 Å². The molecule has 1 aromatic carbocycles. The van der Waals surface area contributed by atoms with Crippen LogP contribution in [-0.4, -0.2) is 47.0 Å². The van der Waals surface area contributed by atoms with Gasteiger partial charge in [0.05, 0.1) is 12.2 Å². The van der Waals surface area contributed by atoms with Gasteiger partial charge in [0.2, 0.25) is 0 Å². The number of carbonyl (C=O) groups excluding carboxylic acids is 1. The standard InChI is InChI=1S/C17H16N4O2/c1-20(13-10-21(11-13)16-9-18-6-7-19-16)17(22)15-8-12-4-2-3-5-14(12)23-15/h2-9,13H,10-11H2,1H3. The topological polar surface area (TPSA) is 62.5 Å². The van der Waals surface area contributed by atoms with Gasteiger partial charge in [0, 0.05) is 37.9 Å². The van der Waals surface area contributed by atoms with Crippen molar-refractivity contribution in [2.45, 2.75) is 6.04 Å². The summed E-state index contributed by atoms with van der Waals surface area (Å²) in [5.74, 6) is 1.13. The van der Waals surface area contributed by atoms with E-state index < -0.39 is 0 Å². The minimum absolute atomic E-state index is 0.0926. The number of anilines is 1. The molecule has 1 saturated heterocycles. The summed E-state index contributed by atoms with van der Waals surface area (Å²) < 4.78 is 5.65. The molecule has 3 aromatic rings. The molecule has 0 aliphatic carbocycles. The highest BCUT2D eigenvalue weighted by Crippen LogP contribution is 2.24. The molecule has 4 rings (SSSR count). The van der Waals surface area contributed by atoms with Gasteiger partial charge in [0.25, 0.3) is 5.91 Å². The zero-order chi connectivity index (χ0) is 15.8. The number of furan rings is 1. The van der Waals surface area contributed by atoms with E-state index in [2.05, 4.69) is 14.9 Å². The first-order valence-electron chi connectivity index (χ1n) is 7.49. The van der Waals surface area contributed by atoms with Gasteiger partial charge in [0.1, 0.15) is 11.4 Å². The van der Waals surface area contributed by atoms with Gasteiger partial charge in [-0.2, -0.15) is 0 Å². The lowest BCUT2D eigenvalue weighted by Gasteiger charge is -2.44. The van der Waals surface area contributed by atoms with Crippen molar-refractivity contribution >= 4 is 22.7 Å². The van der Waals surface area contributed by atoms with E-state index in [1.54, 1.807) is 29.6 Å². The van der Waals surface area contributed by atoms with Gasteiger partial charge in [-0.1, -0.05) is 18.2 Å². The Kier molecular flexibility index (Phi) is 3.22. The van der Waals surface area contributed by atoms with Crippen molar-refractivity contribution in [3.63, 3.8) is 0 Å². The maximum Gasteiger partial charge on any atom is 0.289 e. The van der Waals surface area contributed by atoms with Crippen LogP contribution in [0.4, 0.5) is 5.82 Å². The van der Waals surface area contributed by atoms with Crippen LogP contribution in [0.5, 0.6) is 0 Å². The van der Waals surface area contributed by atoms with Gasteiger partial charge in [-0.05, 0) is 12.1 Å². The van der Waals surface area contributed by atoms with Gasteiger partial charge < -0.3 is 14.2 Å². The van der Waals surface area contributed by atoms with E-state index >= 15 is 0 Å². The molecule has 1 amide bonds. The van der Waals surface area contributed by atoms with Crippen LogP contribution in [0.2, 0.25) is 0 Å². The molecule has 23 heavy (non-hydrogen) atoms. The van der Waals surface area contributed by atoms with Crippen molar-refractivity contribution in [3.05, 3.63) is 54.7 Å². The molecule has 0 N–H and O–H groups in total. The predicted octanol–water partition coefficient (Wildman–Crippen LogP) is 2.18. The molecule has 0 unspecified atom stereocenters. The van der Waals surface area contributed by atoms with Crippen molar-refractivity contribution in [1.29, 1.82) is 0 Å². The van der Waals surface area contributed by atoms with E-state index in [0.29, 0.717) is 5.76 Å². The fourth-order valence-electron chi connectivity index (χ4n) is 2.77. The van der Waals surface area contributed by atoms with E-state index in [0.717, 1.165) is 29.9 Å². The second-order valence-corrected chi connectivity index (χ2v) is 5.69. The Morgan fingerprint density at radius 2 is 2.13 bits per heavy atom. The van der Waals surface area contributed by atoms with Crippen LogP contribution in [0.1, 0.15) is 10.6 Å². The molecule has 2 aromatic heterocycles. The van der Waals surface area contributed by atoms with Gasteiger partial charge in [-0.15, -0.1) is 0 Å². The van der Waals surface area contributed by atoms with Crippen molar-refractivity contribution in [3.8, 4) is 0 Å². The number of para-hydroxylation sites is 1. The summed E-state index contributed by atoms with van der Waals surface area (Å²) in [7, 11) is 1.81. The first kappa shape index (κ1) is 13.8. The van der Waals surface area contributed by atoms with Crippen LogP contribution in [0.3, 0.4) is 0 Å². The molecule has 1 aliphatic rings. The van der Waals surface area contributed by atoms with E-state index in [1.165, 1.54) is 0 Å². The van der Waals surface area contributed by atoms with Crippen LogP contribution in [-0.2, 0) is 0 Å². The number of carbonyl (C=O) groups is 1. The number of rotatable bonds is 3. The normalized spacial score (nSPS) is 14.7. The van der Waals surface area contributed by atoms with E-state index in [-0.39, 0.29) is 11.9 Å². The fourth-order valence-corrected chi connectivity index (χ4v) is 2.77. The molecule has 6 heteroatoms. The summed E-state index contributed by atoms with van der Waals surface area (Å²) in [6, 6.07) is 9.58. The molecule has 0 radical (unpaired) electrons. The number of aromatic nitrogens is 2. The van der Waals surface area contributed by atoms with Crippen LogP contribution in [0.15, 0.2) is 53.3 Å². The Morgan fingerprint density at radius 1 is 1.30 bits per heavy atom. The van der Waals surface area contributed by atoms with Crippen molar-refractivity contribution < 1.29 is 9.21 Å². The van der Waals surface area contributed by atoms with Gasteiger partial charge in [-0.25, -0.2) is 4.98 Å². The third kappa shape index (κ3) is 2.42. The average Bonchev–Trinajstić information content (AvgIpc) is 2.97. The van der Waals surface area contributed by atoms with Crippen LogP contribution < -0.4 is 4.90 Å². The first-order chi connectivity index (χ1) is 11.2. The van der Waals surface area contributed by atoms with E-state index in [1.807, 2.05) is 31.3 Å². The summed E-state index contributed by atoms with van der Waals surface area (Å²) in [6.45, 7) is 1.50. The third-order valence-electron chi connectivity index (χ3n) is 4.24. The first-order valence-corrected chi connectivity index (χ1v) is 7.49. The molecule has 0 bridgehead atoms. The molecule has 6 nitrogen and oxygen atoms in total. The van der Waals surface area contributed by atoms with Crippen molar-refractivity contribution in [2.24, 2.45) is 0 Å². The monoisotopic (exact) mass is 308 g/mol. The second-order valence-electron chi connectivity index (χ2n) is 5.69. The molecule has 0 saturated carbocycles. The lowest BCUT2D eigenvalue weighted by Crippen LogP contribution is -2.60. The van der Waals surface area contributed by atoms with Gasteiger partial charge in [0.15, 0.2) is 5.76 Å². The fraction of sp³-hybridized carbons (Fsp3) is 0.235. The Hall–Kier alpha value is -2.89. The highest BCUT2D eigenvalue weighted by Gasteiger charge is 2.34. The van der Waals surface area contributed by atoms with Gasteiger partial charge >= 0.3 is 0 Å². The summed E-state index contributed by atoms with van der Waals surface area (Å²) in [6.07, 6.45) is 5.06. The number of amides is 1. The number of hydrogen-bond donors (Lipinski definition) is 0. The average molecular weight is 308 g/mol. The zero-order valence-corrected chi connectivity index (χ0v) is 12.7. The minimum atomic E-state index is -0.0926. The molecule has 1 fully saturated rings. The Labute approximate surface area is 133 Å². The highest BCUT2D eigenvalue weighted by molar-refractivity contribution is 5.96. The molecular formula is C17H16N4O2. The van der Waals surface area contributed by atoms with E-state index in [9.17, 15) is 4.79 Å². The number of fused-ring (bicyclic) bond motifs is 1. The SMILES string of the molecule is CN(C(=O)c1cc2ccccc2o1)C1CN(c2cnccn2)C1. The van der Waals surface area contributed by atoms with Crippen molar-refractivity contribution in [1.82, 2.24) is 14.9 Å². The third-order valence-corrected chi connectivity index (χ3v) is 4.24. The highest BCUT2D eigenvalue weighted by atomic mass is 16.3. The lowest BCUT2D eigenvalue weighted by molar-refractivity contribution is 0.0675. The second kappa shape index (κ2) is 5.39. The van der Waals surface area contributed by atoms with Gasteiger partial charge in [-0.3, -0.25) is 9.78 Å². The molecule has 0 spiro atoms. The molecule has 0 atom stereocenters. The molecule has 116 valence electrons. The summed E-state index contributed by atoms with van der Waals surface area (Å²) in [5, 5.41) is 0.944. The maximum absolute atomic E-state index is 12.6. The molecule has 3 heterocycles. The van der Waals surface area contributed by atoms with E-state index in [4.69, 9.17) is 4.42 Å². The largest absolute Gasteiger partial charge is 0.451 e. The summed E-state index contributed by atoms with van der Waals surface area (Å²) in [4.78, 5) is 24.7. The van der Waals surface area contributed by atoms with Crippen molar-refractivity contribution in [2.75, 3.05) is 25.0 Å². The number of hydrogen-bond acceptors (Lipinski definition) is 5. The summed E-state index contributed by atoms with van der Waals surface area (Å²) in [5.41, 5.74) is 0.735. The minimum Gasteiger partial charge on any atom is -0.451 e. The molecular weight excluding hydrogens is 292 g/mol. The predicted molar refractivity (Wildman–Crippen MR) is 86.3 cm³/mol. The van der Waals surface area contributed by atoms with Crippen LogP contribution >= 0.6 is 0 Å². The number of likely N-dealkylation sites (N-methyl/N-ethyl adjacent to an activating group) is 1.